The number of rotatable bonds is 9. The van der Waals surface area contributed by atoms with Crippen LogP contribution in [0.4, 0.5) is 5.95 Å². The minimum absolute atomic E-state index is 0.117. The summed E-state index contributed by atoms with van der Waals surface area (Å²) in [5.74, 6) is 2.50. The highest BCUT2D eigenvalue weighted by Gasteiger charge is 2.08. The number of alkyl halides is 1. The van der Waals surface area contributed by atoms with Crippen LogP contribution in [0.15, 0.2) is 12.3 Å². The highest BCUT2D eigenvalue weighted by Crippen LogP contribution is 2.14. The smallest absolute Gasteiger partial charge is 0.225 e. The van der Waals surface area contributed by atoms with Crippen LogP contribution in [0.25, 0.3) is 0 Å². The van der Waals surface area contributed by atoms with E-state index in [0.29, 0.717) is 23.6 Å². The van der Waals surface area contributed by atoms with Gasteiger partial charge in [-0.15, -0.1) is 11.6 Å². The maximum absolute atomic E-state index is 5.82. The largest absolute Gasteiger partial charge is 0.475 e. The van der Waals surface area contributed by atoms with Gasteiger partial charge in [0, 0.05) is 24.7 Å². The molecule has 1 rings (SSSR count). The molecule has 1 N–H and O–H groups in total. The van der Waals surface area contributed by atoms with Gasteiger partial charge in [-0.25, -0.2) is 4.98 Å². The molecule has 0 fully saturated rings. The lowest BCUT2D eigenvalue weighted by molar-refractivity contribution is 0.232. The van der Waals surface area contributed by atoms with Crippen molar-refractivity contribution in [1.29, 1.82) is 0 Å². The molecule has 0 radical (unpaired) electrons. The van der Waals surface area contributed by atoms with Crippen molar-refractivity contribution in [3.05, 3.63) is 12.3 Å². The Balaban J connectivity index is 2.51. The van der Waals surface area contributed by atoms with Crippen LogP contribution in [0.3, 0.4) is 0 Å². The molecule has 0 aliphatic heterocycles. The summed E-state index contributed by atoms with van der Waals surface area (Å²) in [5, 5.41) is 3.27. The molecule has 0 bridgehead atoms. The second kappa shape index (κ2) is 8.97. The third-order valence-electron chi connectivity index (χ3n) is 2.75. The van der Waals surface area contributed by atoms with Crippen LogP contribution in [-0.2, 0) is 0 Å². The summed E-state index contributed by atoms with van der Waals surface area (Å²) in [7, 11) is 0. The van der Waals surface area contributed by atoms with Gasteiger partial charge >= 0.3 is 0 Å². The van der Waals surface area contributed by atoms with Gasteiger partial charge in [-0.2, -0.15) is 4.98 Å². The fourth-order valence-corrected chi connectivity index (χ4v) is 2.19. The lowest BCUT2D eigenvalue weighted by atomic mass is 10.0. The van der Waals surface area contributed by atoms with E-state index >= 15 is 0 Å². The molecule has 0 spiro atoms. The number of hydrogen-bond acceptors (Lipinski definition) is 4. The van der Waals surface area contributed by atoms with E-state index in [1.165, 1.54) is 12.8 Å². The molecule has 0 aliphatic carbocycles. The van der Waals surface area contributed by atoms with Gasteiger partial charge in [0.25, 0.3) is 0 Å². The molecule has 0 saturated heterocycles. The molecule has 4 nitrogen and oxygen atoms in total. The van der Waals surface area contributed by atoms with E-state index in [4.69, 9.17) is 16.3 Å². The summed E-state index contributed by atoms with van der Waals surface area (Å²) in [6.07, 6.45) is 5.18. The maximum Gasteiger partial charge on any atom is 0.225 e. The van der Waals surface area contributed by atoms with Crippen molar-refractivity contribution in [1.82, 2.24) is 9.97 Å². The molecular formula is C14H24ClN3O. The second-order valence-corrected chi connectivity index (χ2v) is 5.28. The number of halogens is 1. The SMILES string of the molecule is CCCC(CCCl)CNc1nccc(OC(C)C)n1. The molecule has 1 atom stereocenters. The number of hydrogen-bond donors (Lipinski definition) is 1. The Labute approximate surface area is 120 Å². The highest BCUT2D eigenvalue weighted by atomic mass is 35.5. The van der Waals surface area contributed by atoms with E-state index in [1.54, 1.807) is 12.3 Å². The number of nitrogens with one attached hydrogen (secondary N) is 1. The van der Waals surface area contributed by atoms with Gasteiger partial charge in [0.2, 0.25) is 11.8 Å². The standard InChI is InChI=1S/C14H24ClN3O/c1-4-5-12(6-8-15)10-17-14-16-9-7-13(18-14)19-11(2)3/h7,9,11-12H,4-6,8,10H2,1-3H3,(H,16,17,18). The van der Waals surface area contributed by atoms with E-state index in [2.05, 4.69) is 22.2 Å². The first-order chi connectivity index (χ1) is 9.15. The van der Waals surface area contributed by atoms with Gasteiger partial charge in [-0.3, -0.25) is 0 Å². The first kappa shape index (κ1) is 16.0. The van der Waals surface area contributed by atoms with Crippen LogP contribution in [0.2, 0.25) is 0 Å². The molecule has 1 aromatic heterocycles. The zero-order valence-corrected chi connectivity index (χ0v) is 12.8. The van der Waals surface area contributed by atoms with Gasteiger partial charge in [0.1, 0.15) is 0 Å². The summed E-state index contributed by atoms with van der Waals surface area (Å²) in [5.41, 5.74) is 0. The fourth-order valence-electron chi connectivity index (χ4n) is 1.88. The number of ether oxygens (including phenoxy) is 1. The highest BCUT2D eigenvalue weighted by molar-refractivity contribution is 6.17. The van der Waals surface area contributed by atoms with Crippen LogP contribution in [-0.4, -0.2) is 28.5 Å². The average molecular weight is 286 g/mol. The minimum Gasteiger partial charge on any atom is -0.475 e. The van der Waals surface area contributed by atoms with Crippen LogP contribution >= 0.6 is 11.6 Å². The van der Waals surface area contributed by atoms with Crippen LogP contribution in [0.1, 0.15) is 40.0 Å². The molecule has 0 saturated carbocycles. The Bertz CT molecular complexity index is 354. The van der Waals surface area contributed by atoms with Crippen molar-refractivity contribution < 1.29 is 4.74 Å². The molecule has 0 aromatic carbocycles. The Morgan fingerprint density at radius 2 is 2.16 bits per heavy atom. The van der Waals surface area contributed by atoms with Crippen molar-refractivity contribution in [2.24, 2.45) is 5.92 Å². The second-order valence-electron chi connectivity index (χ2n) is 4.90. The molecule has 0 amide bonds. The van der Waals surface area contributed by atoms with Crippen molar-refractivity contribution in [2.45, 2.75) is 46.1 Å². The van der Waals surface area contributed by atoms with E-state index in [9.17, 15) is 0 Å². The molecule has 1 heterocycles. The van der Waals surface area contributed by atoms with Crippen molar-refractivity contribution >= 4 is 17.5 Å². The van der Waals surface area contributed by atoms with Gasteiger partial charge < -0.3 is 10.1 Å². The Morgan fingerprint density at radius 3 is 2.79 bits per heavy atom. The van der Waals surface area contributed by atoms with Gasteiger partial charge in [0.05, 0.1) is 6.10 Å². The normalized spacial score (nSPS) is 12.5. The summed E-state index contributed by atoms with van der Waals surface area (Å²) in [6, 6.07) is 1.77. The predicted octanol–water partition coefficient (Wildman–Crippen LogP) is 3.72. The van der Waals surface area contributed by atoms with Gasteiger partial charge in [-0.1, -0.05) is 13.3 Å². The monoisotopic (exact) mass is 285 g/mol. The zero-order valence-electron chi connectivity index (χ0n) is 12.0. The van der Waals surface area contributed by atoms with Gasteiger partial charge in [-0.05, 0) is 32.6 Å². The maximum atomic E-state index is 5.82. The summed E-state index contributed by atoms with van der Waals surface area (Å²) in [6.45, 7) is 7.00. The third kappa shape index (κ3) is 6.62. The topological polar surface area (TPSA) is 47.0 Å². The molecule has 19 heavy (non-hydrogen) atoms. The summed E-state index contributed by atoms with van der Waals surface area (Å²) < 4.78 is 5.54. The molecule has 1 aromatic rings. The Kier molecular flexibility index (Phi) is 7.56. The van der Waals surface area contributed by atoms with E-state index < -0.39 is 0 Å². The van der Waals surface area contributed by atoms with Crippen LogP contribution in [0.5, 0.6) is 5.88 Å². The average Bonchev–Trinajstić information content (AvgIpc) is 2.36. The van der Waals surface area contributed by atoms with E-state index in [0.717, 1.165) is 13.0 Å². The minimum atomic E-state index is 0.117. The summed E-state index contributed by atoms with van der Waals surface area (Å²) >= 11 is 5.82. The lowest BCUT2D eigenvalue weighted by Crippen LogP contribution is -2.17. The molecule has 1 unspecified atom stereocenters. The quantitative estimate of drug-likeness (QED) is 0.703. The number of nitrogens with zero attached hydrogens (tertiary/aromatic N) is 2. The molecule has 5 heteroatoms. The summed E-state index contributed by atoms with van der Waals surface area (Å²) in [4.78, 5) is 8.53. The molecule has 108 valence electrons. The Hall–Kier alpha value is -1.03. The lowest BCUT2D eigenvalue weighted by Gasteiger charge is -2.16. The van der Waals surface area contributed by atoms with Crippen molar-refractivity contribution in [2.75, 3.05) is 17.7 Å². The van der Waals surface area contributed by atoms with Gasteiger partial charge in [0.15, 0.2) is 0 Å². The zero-order chi connectivity index (χ0) is 14.1. The van der Waals surface area contributed by atoms with Crippen LogP contribution < -0.4 is 10.1 Å². The van der Waals surface area contributed by atoms with E-state index in [1.807, 2.05) is 13.8 Å². The van der Waals surface area contributed by atoms with Crippen molar-refractivity contribution in [3.63, 3.8) is 0 Å². The first-order valence-electron chi connectivity index (χ1n) is 6.95. The van der Waals surface area contributed by atoms with Crippen LogP contribution in [0, 0.1) is 5.92 Å². The number of aromatic nitrogens is 2. The molecular weight excluding hydrogens is 262 g/mol. The van der Waals surface area contributed by atoms with E-state index in [-0.39, 0.29) is 6.10 Å². The van der Waals surface area contributed by atoms with Crippen molar-refractivity contribution in [3.8, 4) is 5.88 Å². The first-order valence-corrected chi connectivity index (χ1v) is 7.48. The number of anilines is 1. The predicted molar refractivity (Wildman–Crippen MR) is 80.0 cm³/mol. The Morgan fingerprint density at radius 1 is 1.37 bits per heavy atom. The molecule has 0 aliphatic rings. The third-order valence-corrected chi connectivity index (χ3v) is 2.97. The fraction of sp³-hybridized carbons (Fsp3) is 0.714.